The number of nitrogens with zero attached hydrogens (tertiary/aromatic N) is 2. The largest absolute Gasteiger partial charge is 0.433 e. The van der Waals surface area contributed by atoms with Gasteiger partial charge in [0.2, 0.25) is 0 Å². The van der Waals surface area contributed by atoms with Gasteiger partial charge >= 0.3 is 6.18 Å². The van der Waals surface area contributed by atoms with Gasteiger partial charge in [0, 0.05) is 21.6 Å². The molecule has 0 aliphatic rings. The van der Waals surface area contributed by atoms with E-state index in [0.29, 0.717) is 4.88 Å². The topological polar surface area (TPSA) is 46.0 Å². The Balaban J connectivity index is 2.52. The molecule has 0 saturated heterocycles. The van der Waals surface area contributed by atoms with Gasteiger partial charge in [-0.1, -0.05) is 0 Å². The van der Waals surface area contributed by atoms with Crippen LogP contribution in [0.3, 0.4) is 0 Å². The van der Waals surface area contributed by atoms with Crippen LogP contribution in [0.4, 0.5) is 13.2 Å². The molecule has 0 aromatic carbocycles. The van der Waals surface area contributed by atoms with E-state index < -0.39 is 18.5 Å². The van der Waals surface area contributed by atoms with Crippen LogP contribution in [-0.2, 0) is 12.8 Å². The first kappa shape index (κ1) is 13.4. The normalized spacial score (nSPS) is 11.8. The quantitative estimate of drug-likeness (QED) is 0.911. The minimum absolute atomic E-state index is 0.00442. The molecular weight excluding hydrogens is 333 g/mol. The average Bonchev–Trinajstić information content (AvgIpc) is 2.74. The molecule has 0 unspecified atom stereocenters. The van der Waals surface area contributed by atoms with Crippen LogP contribution in [0.15, 0.2) is 22.1 Å². The van der Waals surface area contributed by atoms with Crippen LogP contribution >= 0.6 is 27.3 Å². The van der Waals surface area contributed by atoms with Gasteiger partial charge in [-0.3, -0.25) is 0 Å². The van der Waals surface area contributed by atoms with E-state index in [1.165, 1.54) is 11.3 Å². The van der Waals surface area contributed by atoms with E-state index in [2.05, 4.69) is 25.9 Å². The molecular formula is C10H6BrF3N2OS. The first-order valence-electron chi connectivity index (χ1n) is 4.70. The molecule has 1 N–H and O–H groups in total. The number of aromatic nitrogens is 2. The lowest BCUT2D eigenvalue weighted by atomic mass is 10.2. The van der Waals surface area contributed by atoms with Crippen molar-refractivity contribution < 1.29 is 18.3 Å². The third-order valence-electron chi connectivity index (χ3n) is 2.09. The van der Waals surface area contributed by atoms with Crippen molar-refractivity contribution in [3.8, 4) is 10.7 Å². The maximum Gasteiger partial charge on any atom is 0.433 e. The third kappa shape index (κ3) is 2.70. The van der Waals surface area contributed by atoms with Crippen LogP contribution in [0.2, 0.25) is 0 Å². The van der Waals surface area contributed by atoms with Crippen LogP contribution in [0.1, 0.15) is 11.3 Å². The molecule has 8 heteroatoms. The fourth-order valence-electron chi connectivity index (χ4n) is 1.32. The SMILES string of the molecule is OCc1cnc(-c2cc(Br)cs2)nc1C(F)(F)F. The molecule has 0 radical (unpaired) electrons. The molecule has 0 bridgehead atoms. The van der Waals surface area contributed by atoms with Gasteiger partial charge in [0.25, 0.3) is 0 Å². The molecule has 96 valence electrons. The van der Waals surface area contributed by atoms with E-state index >= 15 is 0 Å². The highest BCUT2D eigenvalue weighted by Gasteiger charge is 2.36. The summed E-state index contributed by atoms with van der Waals surface area (Å²) in [6.45, 7) is -0.747. The maximum absolute atomic E-state index is 12.7. The minimum Gasteiger partial charge on any atom is -0.392 e. The molecule has 0 amide bonds. The standard InChI is InChI=1S/C10H6BrF3N2OS/c11-6-1-7(18-4-6)9-15-2-5(3-17)8(16-9)10(12,13)14/h1-2,4,17H,3H2. The summed E-state index contributed by atoms with van der Waals surface area (Å²) in [5.74, 6) is -0.00442. The Morgan fingerprint density at radius 2 is 2.11 bits per heavy atom. The Labute approximate surface area is 112 Å². The van der Waals surface area contributed by atoms with Gasteiger partial charge in [-0.25, -0.2) is 9.97 Å². The van der Waals surface area contributed by atoms with Gasteiger partial charge in [-0.2, -0.15) is 13.2 Å². The van der Waals surface area contributed by atoms with E-state index in [9.17, 15) is 13.2 Å². The number of aliphatic hydroxyl groups excluding tert-OH is 1. The van der Waals surface area contributed by atoms with E-state index in [1.54, 1.807) is 11.4 Å². The van der Waals surface area contributed by atoms with Crippen LogP contribution in [-0.4, -0.2) is 15.1 Å². The summed E-state index contributed by atoms with van der Waals surface area (Å²) >= 11 is 4.44. The van der Waals surface area contributed by atoms with Gasteiger partial charge in [-0.05, 0) is 22.0 Å². The predicted octanol–water partition coefficient (Wildman–Crippen LogP) is 3.48. The highest BCUT2D eigenvalue weighted by atomic mass is 79.9. The molecule has 2 aromatic rings. The first-order valence-corrected chi connectivity index (χ1v) is 6.37. The highest BCUT2D eigenvalue weighted by molar-refractivity contribution is 9.10. The van der Waals surface area contributed by atoms with Gasteiger partial charge in [0.15, 0.2) is 11.5 Å². The molecule has 2 aromatic heterocycles. The maximum atomic E-state index is 12.7. The van der Waals surface area contributed by atoms with Crippen molar-refractivity contribution in [1.82, 2.24) is 9.97 Å². The van der Waals surface area contributed by atoms with Gasteiger partial charge < -0.3 is 5.11 Å². The van der Waals surface area contributed by atoms with E-state index in [1.807, 2.05) is 0 Å². The molecule has 3 nitrogen and oxygen atoms in total. The smallest absolute Gasteiger partial charge is 0.392 e. The summed E-state index contributed by atoms with van der Waals surface area (Å²) in [6, 6.07) is 1.64. The van der Waals surface area contributed by atoms with Gasteiger partial charge in [0.05, 0.1) is 11.5 Å². The molecule has 0 aliphatic carbocycles. The fraction of sp³-hybridized carbons (Fsp3) is 0.200. The summed E-state index contributed by atoms with van der Waals surface area (Å²) < 4.78 is 38.9. The Morgan fingerprint density at radius 3 is 2.61 bits per heavy atom. The Kier molecular flexibility index (Phi) is 3.69. The van der Waals surface area contributed by atoms with Crippen molar-refractivity contribution in [2.75, 3.05) is 0 Å². The first-order chi connectivity index (χ1) is 8.41. The lowest BCUT2D eigenvalue weighted by molar-refractivity contribution is -0.142. The summed E-state index contributed by atoms with van der Waals surface area (Å²) in [4.78, 5) is 7.84. The number of rotatable bonds is 2. The lowest BCUT2D eigenvalue weighted by Crippen LogP contribution is -2.13. The van der Waals surface area contributed by atoms with Crippen molar-refractivity contribution in [1.29, 1.82) is 0 Å². The Bertz CT molecular complexity index is 570. The summed E-state index contributed by atoms with van der Waals surface area (Å²) in [5.41, 5.74) is -1.43. The van der Waals surface area contributed by atoms with Gasteiger partial charge in [-0.15, -0.1) is 11.3 Å². The zero-order valence-electron chi connectivity index (χ0n) is 8.70. The highest BCUT2D eigenvalue weighted by Crippen LogP contribution is 2.33. The molecule has 0 fully saturated rings. The summed E-state index contributed by atoms with van der Waals surface area (Å²) in [6.07, 6.45) is -3.61. The number of aliphatic hydroxyl groups is 1. The van der Waals surface area contributed by atoms with Crippen LogP contribution in [0.5, 0.6) is 0 Å². The number of thiophene rings is 1. The molecule has 0 aliphatic heterocycles. The second-order valence-corrected chi connectivity index (χ2v) is 5.18. The molecule has 0 atom stereocenters. The molecule has 2 rings (SSSR count). The second kappa shape index (κ2) is 4.94. The minimum atomic E-state index is -4.61. The lowest BCUT2D eigenvalue weighted by Gasteiger charge is -2.10. The van der Waals surface area contributed by atoms with Crippen molar-refractivity contribution in [2.24, 2.45) is 0 Å². The summed E-state index contributed by atoms with van der Waals surface area (Å²) in [5, 5.41) is 10.6. The Morgan fingerprint density at radius 1 is 1.39 bits per heavy atom. The van der Waals surface area contributed by atoms with Crippen LogP contribution in [0.25, 0.3) is 10.7 Å². The van der Waals surface area contributed by atoms with Crippen molar-refractivity contribution in [3.05, 3.63) is 33.4 Å². The monoisotopic (exact) mass is 338 g/mol. The zero-order valence-corrected chi connectivity index (χ0v) is 11.1. The van der Waals surface area contributed by atoms with Gasteiger partial charge in [0.1, 0.15) is 0 Å². The van der Waals surface area contributed by atoms with E-state index in [0.717, 1.165) is 10.7 Å². The van der Waals surface area contributed by atoms with Crippen LogP contribution < -0.4 is 0 Å². The van der Waals surface area contributed by atoms with Crippen molar-refractivity contribution >= 4 is 27.3 Å². The Hall–Kier alpha value is -0.990. The molecule has 0 spiro atoms. The molecule has 2 heterocycles. The van der Waals surface area contributed by atoms with Crippen LogP contribution in [0, 0.1) is 0 Å². The third-order valence-corrected chi connectivity index (χ3v) is 3.78. The number of alkyl halides is 3. The molecule has 0 saturated carbocycles. The number of halogens is 4. The van der Waals surface area contributed by atoms with E-state index in [-0.39, 0.29) is 11.4 Å². The zero-order chi connectivity index (χ0) is 13.3. The fourth-order valence-corrected chi connectivity index (χ4v) is 2.68. The second-order valence-electron chi connectivity index (χ2n) is 3.35. The number of hydrogen-bond acceptors (Lipinski definition) is 4. The van der Waals surface area contributed by atoms with E-state index in [4.69, 9.17) is 5.11 Å². The summed E-state index contributed by atoms with van der Waals surface area (Å²) in [7, 11) is 0. The predicted molar refractivity (Wildman–Crippen MR) is 64.0 cm³/mol. The average molecular weight is 339 g/mol. The van der Waals surface area contributed by atoms with Crippen molar-refractivity contribution in [3.63, 3.8) is 0 Å². The van der Waals surface area contributed by atoms with Crippen molar-refractivity contribution in [2.45, 2.75) is 12.8 Å². The molecule has 18 heavy (non-hydrogen) atoms. The number of hydrogen-bond donors (Lipinski definition) is 1.